The number of hydrogen-bond acceptors (Lipinski definition) is 3. The molecule has 106 valence electrons. The second kappa shape index (κ2) is 5.28. The van der Waals surface area contributed by atoms with Crippen LogP contribution in [0.5, 0.6) is 5.75 Å². The van der Waals surface area contributed by atoms with E-state index in [4.69, 9.17) is 9.84 Å². The molecule has 0 aliphatic carbocycles. The van der Waals surface area contributed by atoms with Crippen molar-refractivity contribution in [3.8, 4) is 5.75 Å². The SMILES string of the molecule is COc1ccccc1Cn1cnc2cc(C(=O)O)ccc21. The largest absolute Gasteiger partial charge is 0.496 e. The Morgan fingerprint density at radius 2 is 2.10 bits per heavy atom. The van der Waals surface area contributed by atoms with Crippen LogP contribution in [-0.4, -0.2) is 27.7 Å². The molecular formula is C16H14N2O3. The van der Waals surface area contributed by atoms with Crippen molar-refractivity contribution in [3.63, 3.8) is 0 Å². The van der Waals surface area contributed by atoms with Gasteiger partial charge in [0, 0.05) is 5.56 Å². The first kappa shape index (κ1) is 13.2. The van der Waals surface area contributed by atoms with Crippen LogP contribution in [0.4, 0.5) is 0 Å². The standard InChI is InChI=1S/C16H14N2O3/c1-21-15-5-3-2-4-12(15)9-18-10-17-13-8-11(16(19)20)6-7-14(13)18/h2-8,10H,9H2,1H3,(H,19,20). The Morgan fingerprint density at radius 3 is 2.86 bits per heavy atom. The van der Waals surface area contributed by atoms with Gasteiger partial charge in [0.25, 0.3) is 0 Å². The van der Waals surface area contributed by atoms with E-state index in [0.717, 1.165) is 16.8 Å². The van der Waals surface area contributed by atoms with E-state index < -0.39 is 5.97 Å². The number of carbonyl (C=O) groups is 1. The number of carboxylic acids is 1. The fourth-order valence-corrected chi connectivity index (χ4v) is 2.34. The van der Waals surface area contributed by atoms with Gasteiger partial charge in [-0.3, -0.25) is 0 Å². The molecular weight excluding hydrogens is 268 g/mol. The fraction of sp³-hybridized carbons (Fsp3) is 0.125. The lowest BCUT2D eigenvalue weighted by Crippen LogP contribution is -2.01. The van der Waals surface area contributed by atoms with Gasteiger partial charge in [0.05, 0.1) is 36.6 Å². The summed E-state index contributed by atoms with van der Waals surface area (Å²) >= 11 is 0. The third kappa shape index (κ3) is 2.45. The number of hydrogen-bond donors (Lipinski definition) is 1. The predicted molar refractivity (Wildman–Crippen MR) is 78.8 cm³/mol. The van der Waals surface area contributed by atoms with Crippen molar-refractivity contribution < 1.29 is 14.6 Å². The highest BCUT2D eigenvalue weighted by molar-refractivity contribution is 5.92. The Hall–Kier alpha value is -2.82. The molecule has 2 aromatic carbocycles. The third-order valence-corrected chi connectivity index (χ3v) is 3.40. The molecule has 1 N–H and O–H groups in total. The van der Waals surface area contributed by atoms with E-state index in [2.05, 4.69) is 4.98 Å². The van der Waals surface area contributed by atoms with E-state index in [-0.39, 0.29) is 5.56 Å². The molecule has 0 saturated carbocycles. The number of benzene rings is 2. The van der Waals surface area contributed by atoms with E-state index in [0.29, 0.717) is 12.1 Å². The molecule has 0 fully saturated rings. The highest BCUT2D eigenvalue weighted by atomic mass is 16.5. The van der Waals surface area contributed by atoms with E-state index in [9.17, 15) is 4.79 Å². The van der Waals surface area contributed by atoms with Gasteiger partial charge in [0.1, 0.15) is 5.75 Å². The molecule has 0 aliphatic heterocycles. The summed E-state index contributed by atoms with van der Waals surface area (Å²) in [5.41, 5.74) is 2.85. The molecule has 0 atom stereocenters. The van der Waals surface area contributed by atoms with Crippen molar-refractivity contribution >= 4 is 17.0 Å². The highest BCUT2D eigenvalue weighted by Gasteiger charge is 2.09. The van der Waals surface area contributed by atoms with Crippen LogP contribution in [0.15, 0.2) is 48.8 Å². The fourth-order valence-electron chi connectivity index (χ4n) is 2.34. The van der Waals surface area contributed by atoms with Crippen LogP contribution in [0, 0.1) is 0 Å². The second-order valence-electron chi connectivity index (χ2n) is 4.69. The topological polar surface area (TPSA) is 64.4 Å². The predicted octanol–water partition coefficient (Wildman–Crippen LogP) is 2.79. The van der Waals surface area contributed by atoms with Crippen LogP contribution in [0.3, 0.4) is 0 Å². The molecule has 21 heavy (non-hydrogen) atoms. The Labute approximate surface area is 121 Å². The minimum Gasteiger partial charge on any atom is -0.496 e. The summed E-state index contributed by atoms with van der Waals surface area (Å²) in [4.78, 5) is 15.2. The average molecular weight is 282 g/mol. The molecule has 0 amide bonds. The van der Waals surface area contributed by atoms with Gasteiger partial charge in [0.15, 0.2) is 0 Å². The lowest BCUT2D eigenvalue weighted by Gasteiger charge is -2.09. The summed E-state index contributed by atoms with van der Waals surface area (Å²) in [6.07, 6.45) is 1.71. The molecule has 3 rings (SSSR count). The lowest BCUT2D eigenvalue weighted by atomic mass is 10.2. The maximum Gasteiger partial charge on any atom is 0.335 e. The monoisotopic (exact) mass is 282 g/mol. The molecule has 5 heteroatoms. The molecule has 0 bridgehead atoms. The van der Waals surface area contributed by atoms with Gasteiger partial charge in [-0.05, 0) is 24.3 Å². The van der Waals surface area contributed by atoms with Crippen molar-refractivity contribution in [2.45, 2.75) is 6.54 Å². The first-order chi connectivity index (χ1) is 10.2. The molecule has 1 heterocycles. The van der Waals surface area contributed by atoms with E-state index in [1.165, 1.54) is 0 Å². The van der Waals surface area contributed by atoms with Crippen LogP contribution in [0.1, 0.15) is 15.9 Å². The molecule has 0 radical (unpaired) electrons. The quantitative estimate of drug-likeness (QED) is 0.799. The maximum absolute atomic E-state index is 11.0. The number of para-hydroxylation sites is 1. The molecule has 1 aromatic heterocycles. The summed E-state index contributed by atoms with van der Waals surface area (Å²) in [6.45, 7) is 0.618. The first-order valence-electron chi connectivity index (χ1n) is 6.49. The summed E-state index contributed by atoms with van der Waals surface area (Å²) in [5, 5.41) is 9.00. The van der Waals surface area contributed by atoms with E-state index >= 15 is 0 Å². The lowest BCUT2D eigenvalue weighted by molar-refractivity contribution is 0.0697. The van der Waals surface area contributed by atoms with Crippen LogP contribution < -0.4 is 4.74 Å². The summed E-state index contributed by atoms with van der Waals surface area (Å²) in [5.74, 6) is -0.127. The van der Waals surface area contributed by atoms with Gasteiger partial charge in [-0.25, -0.2) is 9.78 Å². The van der Waals surface area contributed by atoms with Crippen molar-refractivity contribution in [1.82, 2.24) is 9.55 Å². The van der Waals surface area contributed by atoms with Crippen molar-refractivity contribution in [2.75, 3.05) is 7.11 Å². The van der Waals surface area contributed by atoms with Gasteiger partial charge < -0.3 is 14.4 Å². The third-order valence-electron chi connectivity index (χ3n) is 3.40. The van der Waals surface area contributed by atoms with Crippen LogP contribution >= 0.6 is 0 Å². The normalized spacial score (nSPS) is 10.7. The number of carboxylic acid groups (broad SMARTS) is 1. The Morgan fingerprint density at radius 1 is 1.29 bits per heavy atom. The number of rotatable bonds is 4. The summed E-state index contributed by atoms with van der Waals surface area (Å²) < 4.78 is 7.32. The van der Waals surface area contributed by atoms with Crippen LogP contribution in [0.25, 0.3) is 11.0 Å². The van der Waals surface area contributed by atoms with Crippen molar-refractivity contribution in [3.05, 3.63) is 59.9 Å². The number of aromatic nitrogens is 2. The van der Waals surface area contributed by atoms with Crippen molar-refractivity contribution in [2.24, 2.45) is 0 Å². The minimum absolute atomic E-state index is 0.241. The van der Waals surface area contributed by atoms with Gasteiger partial charge in [0.2, 0.25) is 0 Å². The molecule has 0 saturated heterocycles. The molecule has 3 aromatic rings. The Balaban J connectivity index is 2.00. The number of methoxy groups -OCH3 is 1. The Bertz CT molecular complexity index is 808. The Kier molecular flexibility index (Phi) is 3.31. The second-order valence-corrected chi connectivity index (χ2v) is 4.69. The van der Waals surface area contributed by atoms with Crippen LogP contribution in [-0.2, 0) is 6.54 Å². The average Bonchev–Trinajstić information content (AvgIpc) is 2.90. The van der Waals surface area contributed by atoms with Gasteiger partial charge >= 0.3 is 5.97 Å². The zero-order valence-corrected chi connectivity index (χ0v) is 11.5. The molecule has 0 unspecified atom stereocenters. The smallest absolute Gasteiger partial charge is 0.335 e. The zero-order valence-electron chi connectivity index (χ0n) is 11.5. The van der Waals surface area contributed by atoms with E-state index in [1.54, 1.807) is 31.6 Å². The summed E-state index contributed by atoms with van der Waals surface area (Å²) in [7, 11) is 1.64. The zero-order chi connectivity index (χ0) is 14.8. The van der Waals surface area contributed by atoms with Gasteiger partial charge in [-0.15, -0.1) is 0 Å². The van der Waals surface area contributed by atoms with Crippen LogP contribution in [0.2, 0.25) is 0 Å². The number of nitrogens with zero attached hydrogens (tertiary/aromatic N) is 2. The molecule has 0 spiro atoms. The number of imidazole rings is 1. The van der Waals surface area contributed by atoms with E-state index in [1.807, 2.05) is 28.8 Å². The number of aromatic carboxylic acids is 1. The number of ether oxygens (including phenoxy) is 1. The van der Waals surface area contributed by atoms with Crippen molar-refractivity contribution in [1.29, 1.82) is 0 Å². The highest BCUT2D eigenvalue weighted by Crippen LogP contribution is 2.21. The minimum atomic E-state index is -0.948. The molecule has 5 nitrogen and oxygen atoms in total. The molecule has 0 aliphatic rings. The maximum atomic E-state index is 11.0. The van der Waals surface area contributed by atoms with Gasteiger partial charge in [-0.1, -0.05) is 18.2 Å². The summed E-state index contributed by atoms with van der Waals surface area (Å²) in [6, 6.07) is 12.7. The first-order valence-corrected chi connectivity index (χ1v) is 6.49. The number of fused-ring (bicyclic) bond motifs is 1. The van der Waals surface area contributed by atoms with Gasteiger partial charge in [-0.2, -0.15) is 0 Å².